The van der Waals surface area contributed by atoms with Crippen LogP contribution < -0.4 is 11.3 Å². The van der Waals surface area contributed by atoms with Crippen molar-refractivity contribution >= 4 is 10.9 Å². The monoisotopic (exact) mass is 281 g/mol. The first-order chi connectivity index (χ1) is 10.2. The van der Waals surface area contributed by atoms with E-state index in [4.69, 9.17) is 5.84 Å². The summed E-state index contributed by atoms with van der Waals surface area (Å²) in [6, 6.07) is 14.2. The van der Waals surface area contributed by atoms with Crippen LogP contribution in [0, 0.1) is 12.7 Å². The molecule has 0 bridgehead atoms. The summed E-state index contributed by atoms with van der Waals surface area (Å²) < 4.78 is 14.2. The Morgan fingerprint density at radius 2 is 1.90 bits per heavy atom. The third-order valence-electron chi connectivity index (χ3n) is 3.62. The van der Waals surface area contributed by atoms with Gasteiger partial charge in [-0.3, -0.25) is 10.8 Å². The molecule has 0 aliphatic carbocycles. The van der Waals surface area contributed by atoms with Gasteiger partial charge in [0.2, 0.25) is 0 Å². The van der Waals surface area contributed by atoms with Crippen molar-refractivity contribution in [3.05, 3.63) is 77.2 Å². The lowest BCUT2D eigenvalue weighted by atomic mass is 9.95. The lowest BCUT2D eigenvalue weighted by Gasteiger charge is -2.19. The van der Waals surface area contributed by atoms with Crippen molar-refractivity contribution in [2.24, 2.45) is 5.84 Å². The minimum absolute atomic E-state index is 0.274. The Bertz CT molecular complexity index is 781. The maximum absolute atomic E-state index is 14.2. The molecular weight excluding hydrogens is 265 g/mol. The number of aryl methyl sites for hydroxylation is 1. The zero-order chi connectivity index (χ0) is 14.8. The fourth-order valence-corrected chi connectivity index (χ4v) is 2.60. The van der Waals surface area contributed by atoms with Crippen LogP contribution in [0.4, 0.5) is 4.39 Å². The number of nitrogens with two attached hydrogens (primary N) is 1. The van der Waals surface area contributed by atoms with Crippen molar-refractivity contribution in [1.29, 1.82) is 0 Å². The molecule has 3 aromatic rings. The standard InChI is InChI=1S/C17H16FN3/c1-11-6-7-15(18)14(10-11)17(21-19)13-8-9-20-16-5-3-2-4-12(13)16/h2-10,17,21H,19H2,1H3. The number of pyridine rings is 1. The Hall–Kier alpha value is -2.30. The Morgan fingerprint density at radius 3 is 2.71 bits per heavy atom. The number of hydrazine groups is 1. The van der Waals surface area contributed by atoms with Crippen molar-refractivity contribution in [2.45, 2.75) is 13.0 Å². The van der Waals surface area contributed by atoms with E-state index in [1.807, 2.05) is 43.3 Å². The minimum atomic E-state index is -0.419. The van der Waals surface area contributed by atoms with E-state index in [1.54, 1.807) is 12.3 Å². The number of aromatic nitrogens is 1. The lowest BCUT2D eigenvalue weighted by molar-refractivity contribution is 0.561. The van der Waals surface area contributed by atoms with Crippen LogP contribution in [0.3, 0.4) is 0 Å². The van der Waals surface area contributed by atoms with Crippen molar-refractivity contribution < 1.29 is 4.39 Å². The number of fused-ring (bicyclic) bond motifs is 1. The molecule has 0 saturated carbocycles. The number of nitrogens with one attached hydrogen (secondary N) is 1. The Labute approximate surface area is 122 Å². The van der Waals surface area contributed by atoms with Crippen molar-refractivity contribution in [3.63, 3.8) is 0 Å². The van der Waals surface area contributed by atoms with Crippen LogP contribution in [0.25, 0.3) is 10.9 Å². The quantitative estimate of drug-likeness (QED) is 0.572. The zero-order valence-corrected chi connectivity index (χ0v) is 11.7. The summed E-state index contributed by atoms with van der Waals surface area (Å²) in [5.74, 6) is 5.44. The molecule has 3 nitrogen and oxygen atoms in total. The summed E-state index contributed by atoms with van der Waals surface area (Å²) in [7, 11) is 0. The van der Waals surface area contributed by atoms with E-state index in [1.165, 1.54) is 6.07 Å². The van der Waals surface area contributed by atoms with Crippen LogP contribution in [-0.4, -0.2) is 4.98 Å². The molecule has 1 aromatic heterocycles. The van der Waals surface area contributed by atoms with Crippen LogP contribution in [0.5, 0.6) is 0 Å². The third-order valence-corrected chi connectivity index (χ3v) is 3.62. The van der Waals surface area contributed by atoms with Crippen LogP contribution in [-0.2, 0) is 0 Å². The molecule has 1 atom stereocenters. The average Bonchev–Trinajstić information content (AvgIpc) is 2.51. The molecule has 0 fully saturated rings. The molecule has 0 spiro atoms. The minimum Gasteiger partial charge on any atom is -0.271 e. The molecule has 1 unspecified atom stereocenters. The fraction of sp³-hybridized carbons (Fsp3) is 0.118. The van der Waals surface area contributed by atoms with Crippen LogP contribution >= 0.6 is 0 Å². The molecule has 0 saturated heterocycles. The maximum atomic E-state index is 14.2. The number of hydrogen-bond acceptors (Lipinski definition) is 3. The van der Waals surface area contributed by atoms with Gasteiger partial charge in [-0.2, -0.15) is 0 Å². The van der Waals surface area contributed by atoms with Gasteiger partial charge in [0, 0.05) is 17.1 Å². The van der Waals surface area contributed by atoms with Crippen LogP contribution in [0.1, 0.15) is 22.7 Å². The highest BCUT2D eigenvalue weighted by Gasteiger charge is 2.19. The van der Waals surface area contributed by atoms with Gasteiger partial charge in [-0.15, -0.1) is 0 Å². The summed E-state index contributed by atoms with van der Waals surface area (Å²) >= 11 is 0. The molecule has 3 rings (SSSR count). The number of rotatable bonds is 3. The second kappa shape index (κ2) is 5.60. The lowest BCUT2D eigenvalue weighted by Crippen LogP contribution is -2.29. The van der Waals surface area contributed by atoms with E-state index < -0.39 is 6.04 Å². The van der Waals surface area contributed by atoms with Gasteiger partial charge in [0.25, 0.3) is 0 Å². The first-order valence-corrected chi connectivity index (χ1v) is 6.76. The predicted molar refractivity (Wildman–Crippen MR) is 82.0 cm³/mol. The highest BCUT2D eigenvalue weighted by molar-refractivity contribution is 5.82. The van der Waals surface area contributed by atoms with E-state index >= 15 is 0 Å². The third kappa shape index (κ3) is 2.51. The first-order valence-electron chi connectivity index (χ1n) is 6.76. The average molecular weight is 281 g/mol. The van der Waals surface area contributed by atoms with E-state index in [9.17, 15) is 4.39 Å². The first kappa shape index (κ1) is 13.7. The smallest absolute Gasteiger partial charge is 0.128 e. The molecule has 2 aromatic carbocycles. The van der Waals surface area contributed by atoms with Gasteiger partial charge < -0.3 is 0 Å². The number of benzene rings is 2. The van der Waals surface area contributed by atoms with E-state index in [2.05, 4.69) is 10.4 Å². The normalized spacial score (nSPS) is 12.5. The van der Waals surface area contributed by atoms with Crippen molar-refractivity contribution in [1.82, 2.24) is 10.4 Å². The number of hydrogen-bond donors (Lipinski definition) is 2. The van der Waals surface area contributed by atoms with Gasteiger partial charge in [-0.1, -0.05) is 35.9 Å². The zero-order valence-electron chi connectivity index (χ0n) is 11.7. The Morgan fingerprint density at radius 1 is 1.10 bits per heavy atom. The van der Waals surface area contributed by atoms with E-state index in [0.29, 0.717) is 5.56 Å². The van der Waals surface area contributed by atoms with Gasteiger partial charge in [0.05, 0.1) is 11.6 Å². The van der Waals surface area contributed by atoms with E-state index in [-0.39, 0.29) is 5.82 Å². The Kier molecular flexibility index (Phi) is 3.64. The second-order valence-corrected chi connectivity index (χ2v) is 5.04. The summed E-state index contributed by atoms with van der Waals surface area (Å²) in [5.41, 5.74) is 6.03. The molecule has 4 heteroatoms. The topological polar surface area (TPSA) is 50.9 Å². The largest absolute Gasteiger partial charge is 0.271 e. The summed E-state index contributed by atoms with van der Waals surface area (Å²) in [6.07, 6.45) is 1.72. The maximum Gasteiger partial charge on any atom is 0.128 e. The Balaban J connectivity index is 2.21. The molecule has 1 heterocycles. The fourth-order valence-electron chi connectivity index (χ4n) is 2.60. The summed E-state index contributed by atoms with van der Waals surface area (Å²) in [4.78, 5) is 4.33. The number of halogens is 1. The molecule has 106 valence electrons. The van der Waals surface area contributed by atoms with Crippen LogP contribution in [0.15, 0.2) is 54.7 Å². The van der Waals surface area contributed by atoms with Gasteiger partial charge in [0.1, 0.15) is 5.82 Å². The van der Waals surface area contributed by atoms with Gasteiger partial charge >= 0.3 is 0 Å². The van der Waals surface area contributed by atoms with Crippen LogP contribution in [0.2, 0.25) is 0 Å². The molecule has 0 aliphatic rings. The highest BCUT2D eigenvalue weighted by atomic mass is 19.1. The molecule has 21 heavy (non-hydrogen) atoms. The molecule has 0 amide bonds. The van der Waals surface area contributed by atoms with Gasteiger partial charge in [0.15, 0.2) is 0 Å². The summed E-state index contributed by atoms with van der Waals surface area (Å²) in [5, 5.41) is 0.962. The highest BCUT2D eigenvalue weighted by Crippen LogP contribution is 2.29. The number of para-hydroxylation sites is 1. The molecule has 0 radical (unpaired) electrons. The van der Waals surface area contributed by atoms with Crippen molar-refractivity contribution in [2.75, 3.05) is 0 Å². The molecule has 0 aliphatic heterocycles. The summed E-state index contributed by atoms with van der Waals surface area (Å²) in [6.45, 7) is 1.93. The van der Waals surface area contributed by atoms with Crippen molar-refractivity contribution in [3.8, 4) is 0 Å². The predicted octanol–water partition coefficient (Wildman–Crippen LogP) is 3.24. The second-order valence-electron chi connectivity index (χ2n) is 5.04. The SMILES string of the molecule is Cc1ccc(F)c(C(NN)c2ccnc3ccccc23)c1. The van der Waals surface area contributed by atoms with Gasteiger partial charge in [-0.25, -0.2) is 9.82 Å². The number of nitrogens with zero attached hydrogens (tertiary/aromatic N) is 1. The molecule has 3 N–H and O–H groups in total. The molecular formula is C17H16FN3. The van der Waals surface area contributed by atoms with Gasteiger partial charge in [-0.05, 0) is 30.7 Å². The van der Waals surface area contributed by atoms with E-state index in [0.717, 1.165) is 22.0 Å².